The molecule has 4 aromatic rings. The SMILES string of the molecule is Nc1ccn([C@@H]2O[C@@H](COC(=O)c3ccccc3)[C@H](OC(=O)c3ccccc3)[C@@H]2OC(=O)c2ccccc2)c(=O)n1. The molecule has 5 rings (SSSR count). The quantitative estimate of drug-likeness (QED) is 0.254. The van der Waals surface area contributed by atoms with Crippen molar-refractivity contribution in [2.45, 2.75) is 24.5 Å². The third-order valence-electron chi connectivity index (χ3n) is 6.30. The van der Waals surface area contributed by atoms with Crippen LogP contribution in [0.2, 0.25) is 0 Å². The standard InChI is InChI=1S/C30H25N3O8/c31-23-16-17-33(30(37)32-23)26-25(41-29(36)21-14-8-3-9-15-21)24(40-28(35)20-12-6-2-7-13-20)22(39-26)18-38-27(34)19-10-4-1-5-11-19/h1-17,22,24-26H,18H2,(H2,31,32,37)/t22-,24-,25-,26+/m0/s1. The first-order valence-electron chi connectivity index (χ1n) is 12.6. The molecule has 3 aromatic carbocycles. The minimum atomic E-state index is -1.33. The first-order chi connectivity index (χ1) is 19.9. The van der Waals surface area contributed by atoms with Crippen LogP contribution in [0, 0.1) is 0 Å². The number of carbonyl (C=O) groups is 3. The molecule has 0 bridgehead atoms. The number of carbonyl (C=O) groups excluding carboxylic acids is 3. The molecule has 2 N–H and O–H groups in total. The van der Waals surface area contributed by atoms with Gasteiger partial charge in [-0.2, -0.15) is 4.98 Å². The molecule has 0 unspecified atom stereocenters. The summed E-state index contributed by atoms with van der Waals surface area (Å²) in [7, 11) is 0. The maximum Gasteiger partial charge on any atom is 0.351 e. The second-order valence-corrected chi connectivity index (χ2v) is 9.04. The van der Waals surface area contributed by atoms with E-state index in [4.69, 9.17) is 24.7 Å². The molecular formula is C30H25N3O8. The van der Waals surface area contributed by atoms with Crippen molar-refractivity contribution in [3.05, 3.63) is 130 Å². The van der Waals surface area contributed by atoms with Gasteiger partial charge in [-0.15, -0.1) is 0 Å². The number of hydrogen-bond donors (Lipinski definition) is 1. The molecule has 11 heteroatoms. The highest BCUT2D eigenvalue weighted by atomic mass is 16.7. The van der Waals surface area contributed by atoms with E-state index in [1.165, 1.54) is 12.3 Å². The molecule has 11 nitrogen and oxygen atoms in total. The summed E-state index contributed by atoms with van der Waals surface area (Å²) in [6, 6.07) is 26.0. The van der Waals surface area contributed by atoms with E-state index in [0.29, 0.717) is 5.56 Å². The van der Waals surface area contributed by atoms with Crippen LogP contribution in [0.4, 0.5) is 5.82 Å². The average molecular weight is 556 g/mol. The number of rotatable bonds is 8. The van der Waals surface area contributed by atoms with Gasteiger partial charge in [-0.3, -0.25) is 4.57 Å². The number of benzene rings is 3. The summed E-state index contributed by atoms with van der Waals surface area (Å²) in [5.74, 6) is -2.15. The lowest BCUT2D eigenvalue weighted by molar-refractivity contribution is -0.0639. The number of aromatic nitrogens is 2. The number of nitrogen functional groups attached to an aromatic ring is 1. The monoisotopic (exact) mass is 555 g/mol. The number of ether oxygens (including phenoxy) is 4. The van der Waals surface area contributed by atoms with E-state index in [-0.39, 0.29) is 23.6 Å². The smallest absolute Gasteiger partial charge is 0.351 e. The van der Waals surface area contributed by atoms with Crippen LogP contribution >= 0.6 is 0 Å². The van der Waals surface area contributed by atoms with Crippen LogP contribution in [0.3, 0.4) is 0 Å². The highest BCUT2D eigenvalue weighted by Gasteiger charge is 2.51. The van der Waals surface area contributed by atoms with Crippen molar-refractivity contribution in [2.24, 2.45) is 0 Å². The van der Waals surface area contributed by atoms with Crippen LogP contribution in [0.5, 0.6) is 0 Å². The molecule has 0 saturated carbocycles. The minimum Gasteiger partial charge on any atom is -0.459 e. The lowest BCUT2D eigenvalue weighted by Crippen LogP contribution is -2.42. The zero-order valence-electron chi connectivity index (χ0n) is 21.6. The van der Waals surface area contributed by atoms with Gasteiger partial charge in [0.2, 0.25) is 0 Å². The summed E-state index contributed by atoms with van der Waals surface area (Å²) in [6.45, 7) is -0.381. The van der Waals surface area contributed by atoms with Crippen molar-refractivity contribution >= 4 is 23.7 Å². The van der Waals surface area contributed by atoms with E-state index in [1.807, 2.05) is 0 Å². The average Bonchev–Trinajstić information content (AvgIpc) is 3.33. The van der Waals surface area contributed by atoms with E-state index in [2.05, 4.69) is 4.98 Å². The molecule has 0 aliphatic carbocycles. The number of anilines is 1. The van der Waals surface area contributed by atoms with Gasteiger partial charge in [0.05, 0.1) is 16.7 Å². The van der Waals surface area contributed by atoms with Gasteiger partial charge in [0.1, 0.15) is 18.5 Å². The maximum atomic E-state index is 13.1. The molecule has 2 heterocycles. The first kappa shape index (κ1) is 27.3. The number of esters is 3. The van der Waals surface area contributed by atoms with Crippen molar-refractivity contribution in [3.63, 3.8) is 0 Å². The van der Waals surface area contributed by atoms with Crippen LogP contribution in [-0.2, 0) is 18.9 Å². The van der Waals surface area contributed by atoms with E-state index in [0.717, 1.165) is 4.57 Å². The Labute approximate surface area is 234 Å². The molecule has 0 amide bonds. The molecule has 0 radical (unpaired) electrons. The van der Waals surface area contributed by atoms with E-state index in [1.54, 1.807) is 91.0 Å². The predicted octanol–water partition coefficient (Wildman–Crippen LogP) is 3.03. The van der Waals surface area contributed by atoms with Crippen molar-refractivity contribution in [1.29, 1.82) is 0 Å². The minimum absolute atomic E-state index is 0.0255. The van der Waals surface area contributed by atoms with Crippen LogP contribution in [0.1, 0.15) is 37.3 Å². The predicted molar refractivity (Wildman–Crippen MR) is 145 cm³/mol. The van der Waals surface area contributed by atoms with E-state index in [9.17, 15) is 19.2 Å². The Morgan fingerprint density at radius 3 is 1.73 bits per heavy atom. The van der Waals surface area contributed by atoms with E-state index < -0.39 is 48.1 Å². The van der Waals surface area contributed by atoms with Crippen LogP contribution in [0.15, 0.2) is 108 Å². The largest absolute Gasteiger partial charge is 0.459 e. The lowest BCUT2D eigenvalue weighted by atomic mass is 10.1. The zero-order valence-corrected chi connectivity index (χ0v) is 21.6. The summed E-state index contributed by atoms with van der Waals surface area (Å²) in [4.78, 5) is 55.5. The number of nitrogens with two attached hydrogens (primary N) is 1. The Morgan fingerprint density at radius 2 is 1.22 bits per heavy atom. The second-order valence-electron chi connectivity index (χ2n) is 9.04. The Bertz CT molecular complexity index is 1580. The fourth-order valence-corrected chi connectivity index (χ4v) is 4.30. The third kappa shape index (κ3) is 6.31. The summed E-state index contributed by atoms with van der Waals surface area (Å²) >= 11 is 0. The third-order valence-corrected chi connectivity index (χ3v) is 6.30. The number of nitrogens with zero attached hydrogens (tertiary/aromatic N) is 2. The molecule has 1 saturated heterocycles. The highest BCUT2D eigenvalue weighted by molar-refractivity contribution is 5.91. The van der Waals surface area contributed by atoms with Gasteiger partial charge in [-0.1, -0.05) is 54.6 Å². The van der Waals surface area contributed by atoms with Gasteiger partial charge in [0.15, 0.2) is 18.4 Å². The molecule has 1 fully saturated rings. The fraction of sp³-hybridized carbons (Fsp3) is 0.167. The van der Waals surface area contributed by atoms with Crippen LogP contribution < -0.4 is 11.4 Å². The first-order valence-corrected chi connectivity index (χ1v) is 12.6. The summed E-state index contributed by atoms with van der Waals surface area (Å²) in [5, 5.41) is 0. The molecule has 4 atom stereocenters. The molecule has 1 aliphatic heterocycles. The van der Waals surface area contributed by atoms with Crippen molar-refractivity contribution in [3.8, 4) is 0 Å². The molecular weight excluding hydrogens is 530 g/mol. The maximum absolute atomic E-state index is 13.1. The Morgan fingerprint density at radius 1 is 0.732 bits per heavy atom. The van der Waals surface area contributed by atoms with Crippen LogP contribution in [-0.4, -0.2) is 52.4 Å². The van der Waals surface area contributed by atoms with Crippen molar-refractivity contribution in [1.82, 2.24) is 9.55 Å². The molecule has 1 aromatic heterocycles. The van der Waals surface area contributed by atoms with Gasteiger partial charge in [-0.05, 0) is 42.5 Å². The summed E-state index contributed by atoms with van der Waals surface area (Å²) in [6.07, 6.45) is -3.71. The highest BCUT2D eigenvalue weighted by Crippen LogP contribution is 2.34. The van der Waals surface area contributed by atoms with Crippen molar-refractivity contribution < 1.29 is 33.3 Å². The number of hydrogen-bond acceptors (Lipinski definition) is 10. The van der Waals surface area contributed by atoms with Crippen LogP contribution in [0.25, 0.3) is 0 Å². The summed E-state index contributed by atoms with van der Waals surface area (Å²) < 4.78 is 24.3. The normalized spacial score (nSPS) is 19.7. The summed E-state index contributed by atoms with van der Waals surface area (Å²) in [5.41, 5.74) is 5.63. The Kier molecular flexibility index (Phi) is 8.16. The van der Waals surface area contributed by atoms with Gasteiger partial charge < -0.3 is 24.7 Å². The molecule has 1 aliphatic rings. The van der Waals surface area contributed by atoms with Crippen molar-refractivity contribution in [2.75, 3.05) is 12.3 Å². The Hall–Kier alpha value is -5.29. The van der Waals surface area contributed by atoms with Gasteiger partial charge in [-0.25, -0.2) is 19.2 Å². The molecule has 208 valence electrons. The fourth-order valence-electron chi connectivity index (χ4n) is 4.30. The zero-order chi connectivity index (χ0) is 28.8. The van der Waals surface area contributed by atoms with E-state index >= 15 is 0 Å². The van der Waals surface area contributed by atoms with Gasteiger partial charge in [0.25, 0.3) is 0 Å². The Balaban J connectivity index is 1.49. The van der Waals surface area contributed by atoms with Gasteiger partial charge in [0, 0.05) is 6.20 Å². The topological polar surface area (TPSA) is 149 Å². The second kappa shape index (κ2) is 12.3. The molecule has 0 spiro atoms. The lowest BCUT2D eigenvalue weighted by Gasteiger charge is -2.25. The van der Waals surface area contributed by atoms with Gasteiger partial charge >= 0.3 is 23.6 Å². The molecule has 41 heavy (non-hydrogen) atoms.